The van der Waals surface area contributed by atoms with Gasteiger partial charge in [-0.25, -0.2) is 0 Å². The molecule has 0 bridgehead atoms. The summed E-state index contributed by atoms with van der Waals surface area (Å²) in [6.07, 6.45) is 0. The molecule has 0 radical (unpaired) electrons. The molecule has 1 heteroatoms. The first-order valence-corrected chi connectivity index (χ1v) is 6.89. The maximum atomic E-state index is 5.94. The van der Waals surface area contributed by atoms with Gasteiger partial charge >= 0.3 is 0 Å². The Kier molecular flexibility index (Phi) is 3.34. The maximum absolute atomic E-state index is 5.94. The van der Waals surface area contributed by atoms with Gasteiger partial charge in [0.15, 0.2) is 0 Å². The molecule has 0 amide bonds. The molecular formula is C18H24O. The molecule has 0 heterocycles. The Balaban J connectivity index is 2.52. The molecule has 0 saturated carbocycles. The lowest BCUT2D eigenvalue weighted by atomic mass is 9.84. The average Bonchev–Trinajstić information content (AvgIpc) is 2.24. The van der Waals surface area contributed by atoms with Crippen molar-refractivity contribution in [1.82, 2.24) is 0 Å². The summed E-state index contributed by atoms with van der Waals surface area (Å²) >= 11 is 0. The molecule has 19 heavy (non-hydrogen) atoms. The second kappa shape index (κ2) is 4.56. The highest BCUT2D eigenvalue weighted by atomic mass is 16.5. The van der Waals surface area contributed by atoms with Crippen molar-refractivity contribution in [2.75, 3.05) is 0 Å². The van der Waals surface area contributed by atoms with Crippen molar-refractivity contribution in [3.63, 3.8) is 0 Å². The monoisotopic (exact) mass is 256 g/mol. The second-order valence-electron chi connectivity index (χ2n) is 7.15. The SMILES string of the molecule is CC(C)(C)Oc1ccc2c(C(C)(C)C)cccc2c1. The van der Waals surface area contributed by atoms with Crippen LogP contribution in [0.1, 0.15) is 47.1 Å². The molecule has 0 aromatic heterocycles. The van der Waals surface area contributed by atoms with Crippen molar-refractivity contribution in [2.45, 2.75) is 52.6 Å². The first kappa shape index (κ1) is 13.9. The molecule has 0 saturated heterocycles. The van der Waals surface area contributed by atoms with Gasteiger partial charge in [-0.2, -0.15) is 0 Å². The molecule has 0 unspecified atom stereocenters. The van der Waals surface area contributed by atoms with E-state index in [4.69, 9.17) is 4.74 Å². The molecule has 0 N–H and O–H groups in total. The number of benzene rings is 2. The number of fused-ring (bicyclic) bond motifs is 1. The van der Waals surface area contributed by atoms with Gasteiger partial charge < -0.3 is 4.74 Å². The topological polar surface area (TPSA) is 9.23 Å². The van der Waals surface area contributed by atoms with Crippen LogP contribution in [0.15, 0.2) is 36.4 Å². The van der Waals surface area contributed by atoms with Crippen molar-refractivity contribution < 1.29 is 4.74 Å². The van der Waals surface area contributed by atoms with E-state index in [2.05, 4.69) is 77.9 Å². The van der Waals surface area contributed by atoms with Crippen LogP contribution in [-0.2, 0) is 5.41 Å². The Bertz CT molecular complexity index is 583. The van der Waals surface area contributed by atoms with Gasteiger partial charge in [0.25, 0.3) is 0 Å². The zero-order valence-electron chi connectivity index (χ0n) is 12.9. The van der Waals surface area contributed by atoms with Gasteiger partial charge in [-0.05, 0) is 54.7 Å². The van der Waals surface area contributed by atoms with E-state index in [1.165, 1.54) is 16.3 Å². The summed E-state index contributed by atoms with van der Waals surface area (Å²) in [4.78, 5) is 0. The van der Waals surface area contributed by atoms with Crippen LogP contribution in [0.3, 0.4) is 0 Å². The van der Waals surface area contributed by atoms with Crippen LogP contribution in [0.25, 0.3) is 10.8 Å². The van der Waals surface area contributed by atoms with E-state index in [0.29, 0.717) is 0 Å². The molecule has 2 aromatic rings. The standard InChI is InChI=1S/C18H24O/c1-17(2,3)16-9-7-8-13-12-14(10-11-15(13)16)19-18(4,5)6/h7-12H,1-6H3. The Morgan fingerprint density at radius 1 is 0.842 bits per heavy atom. The summed E-state index contributed by atoms with van der Waals surface area (Å²) in [5.74, 6) is 0.936. The molecule has 0 aliphatic heterocycles. The van der Waals surface area contributed by atoms with E-state index < -0.39 is 0 Å². The molecule has 2 rings (SSSR count). The van der Waals surface area contributed by atoms with E-state index >= 15 is 0 Å². The minimum absolute atomic E-state index is 0.157. The Morgan fingerprint density at radius 2 is 1.53 bits per heavy atom. The van der Waals surface area contributed by atoms with Crippen molar-refractivity contribution in [3.05, 3.63) is 42.0 Å². The normalized spacial score (nSPS) is 12.7. The minimum Gasteiger partial charge on any atom is -0.488 e. The van der Waals surface area contributed by atoms with Gasteiger partial charge in [0.1, 0.15) is 11.4 Å². The van der Waals surface area contributed by atoms with E-state index in [1.807, 2.05) is 0 Å². The zero-order chi connectivity index (χ0) is 14.3. The molecule has 2 aromatic carbocycles. The summed E-state index contributed by atoms with van der Waals surface area (Å²) in [5.41, 5.74) is 1.38. The third-order valence-electron chi connectivity index (χ3n) is 3.08. The van der Waals surface area contributed by atoms with Crippen LogP contribution in [0.2, 0.25) is 0 Å². The van der Waals surface area contributed by atoms with Gasteiger partial charge in [-0.1, -0.05) is 45.0 Å². The number of rotatable bonds is 1. The van der Waals surface area contributed by atoms with E-state index in [9.17, 15) is 0 Å². The fraction of sp³-hybridized carbons (Fsp3) is 0.444. The molecule has 102 valence electrons. The maximum Gasteiger partial charge on any atom is 0.120 e. The lowest BCUT2D eigenvalue weighted by Gasteiger charge is -2.23. The fourth-order valence-corrected chi connectivity index (χ4v) is 2.33. The molecule has 0 atom stereocenters. The first-order chi connectivity index (χ1) is 8.67. The summed E-state index contributed by atoms with van der Waals surface area (Å²) in [7, 11) is 0. The molecular weight excluding hydrogens is 232 g/mol. The quantitative estimate of drug-likeness (QED) is 0.671. The number of hydrogen-bond acceptors (Lipinski definition) is 1. The highest BCUT2D eigenvalue weighted by molar-refractivity contribution is 5.87. The predicted octanol–water partition coefficient (Wildman–Crippen LogP) is 5.31. The van der Waals surface area contributed by atoms with Crippen LogP contribution in [-0.4, -0.2) is 5.60 Å². The van der Waals surface area contributed by atoms with Crippen LogP contribution < -0.4 is 4.74 Å². The van der Waals surface area contributed by atoms with Crippen molar-refractivity contribution in [1.29, 1.82) is 0 Å². The largest absolute Gasteiger partial charge is 0.488 e. The number of hydrogen-bond donors (Lipinski definition) is 0. The summed E-state index contributed by atoms with van der Waals surface area (Å²) < 4.78 is 5.94. The molecule has 0 aliphatic rings. The van der Waals surface area contributed by atoms with Gasteiger partial charge in [0.2, 0.25) is 0 Å². The van der Waals surface area contributed by atoms with Crippen LogP contribution in [0, 0.1) is 0 Å². The van der Waals surface area contributed by atoms with Crippen LogP contribution >= 0.6 is 0 Å². The molecule has 1 nitrogen and oxygen atoms in total. The van der Waals surface area contributed by atoms with Gasteiger partial charge in [-0.3, -0.25) is 0 Å². The smallest absolute Gasteiger partial charge is 0.120 e. The highest BCUT2D eigenvalue weighted by Crippen LogP contribution is 2.32. The van der Waals surface area contributed by atoms with Crippen LogP contribution in [0.5, 0.6) is 5.75 Å². The minimum atomic E-state index is -0.157. The predicted molar refractivity (Wildman–Crippen MR) is 83.0 cm³/mol. The fourth-order valence-electron chi connectivity index (χ4n) is 2.33. The Labute approximate surface area is 116 Å². The van der Waals surface area contributed by atoms with Crippen molar-refractivity contribution in [3.8, 4) is 5.75 Å². The second-order valence-corrected chi connectivity index (χ2v) is 7.15. The van der Waals surface area contributed by atoms with E-state index in [-0.39, 0.29) is 11.0 Å². The summed E-state index contributed by atoms with van der Waals surface area (Å²) in [5, 5.41) is 2.56. The van der Waals surface area contributed by atoms with Gasteiger partial charge in [-0.15, -0.1) is 0 Å². The van der Waals surface area contributed by atoms with Crippen molar-refractivity contribution >= 4 is 10.8 Å². The third-order valence-corrected chi connectivity index (χ3v) is 3.08. The summed E-state index contributed by atoms with van der Waals surface area (Å²) in [6.45, 7) is 13.0. The average molecular weight is 256 g/mol. The lowest BCUT2D eigenvalue weighted by molar-refractivity contribution is 0.131. The van der Waals surface area contributed by atoms with Crippen LogP contribution in [0.4, 0.5) is 0 Å². The zero-order valence-corrected chi connectivity index (χ0v) is 12.9. The Morgan fingerprint density at radius 3 is 2.11 bits per heavy atom. The highest BCUT2D eigenvalue weighted by Gasteiger charge is 2.17. The first-order valence-electron chi connectivity index (χ1n) is 6.89. The molecule has 0 fully saturated rings. The van der Waals surface area contributed by atoms with Crippen molar-refractivity contribution in [2.24, 2.45) is 0 Å². The van der Waals surface area contributed by atoms with E-state index in [1.54, 1.807) is 0 Å². The molecule has 0 spiro atoms. The van der Waals surface area contributed by atoms with E-state index in [0.717, 1.165) is 5.75 Å². The Hall–Kier alpha value is -1.50. The third kappa shape index (κ3) is 3.28. The number of ether oxygens (including phenoxy) is 1. The summed E-state index contributed by atoms with van der Waals surface area (Å²) in [6, 6.07) is 12.9. The van der Waals surface area contributed by atoms with Gasteiger partial charge in [0.05, 0.1) is 0 Å². The van der Waals surface area contributed by atoms with Gasteiger partial charge in [0, 0.05) is 0 Å². The lowest BCUT2D eigenvalue weighted by Crippen LogP contribution is -2.22. The molecule has 0 aliphatic carbocycles.